The van der Waals surface area contributed by atoms with Gasteiger partial charge in [0.15, 0.2) is 0 Å². The van der Waals surface area contributed by atoms with E-state index >= 15 is 0 Å². The monoisotopic (exact) mass is 300 g/mol. The van der Waals surface area contributed by atoms with Gasteiger partial charge in [0.05, 0.1) is 9.82 Å². The fraction of sp³-hybridized carbons (Fsp3) is 0.538. The maximum Gasteiger partial charge on any atom is 0.273 e. The molecule has 0 aliphatic heterocycles. The third-order valence-corrected chi connectivity index (χ3v) is 5.42. The predicted molar refractivity (Wildman–Crippen MR) is 77.2 cm³/mol. The molecule has 0 atom stereocenters. The number of nitro groups is 1. The van der Waals surface area contributed by atoms with Crippen molar-refractivity contribution >= 4 is 15.7 Å². The lowest BCUT2D eigenvalue weighted by atomic mass is 10.2. The van der Waals surface area contributed by atoms with E-state index in [9.17, 15) is 18.5 Å². The van der Waals surface area contributed by atoms with Crippen molar-refractivity contribution in [2.24, 2.45) is 0 Å². The molecule has 0 radical (unpaired) electrons. The van der Waals surface area contributed by atoms with Crippen LogP contribution in [0.15, 0.2) is 23.1 Å². The third kappa shape index (κ3) is 3.16. The predicted octanol–water partition coefficient (Wildman–Crippen LogP) is 2.71. The molecule has 0 amide bonds. The average molecular weight is 300 g/mol. The Morgan fingerprint density at radius 2 is 1.85 bits per heavy atom. The van der Waals surface area contributed by atoms with Crippen LogP contribution in [0.25, 0.3) is 0 Å². The van der Waals surface area contributed by atoms with Gasteiger partial charge in [0.1, 0.15) is 0 Å². The molecule has 0 aromatic heterocycles. The van der Waals surface area contributed by atoms with Crippen LogP contribution < -0.4 is 0 Å². The van der Waals surface area contributed by atoms with Gasteiger partial charge in [0, 0.05) is 24.7 Å². The van der Waals surface area contributed by atoms with Crippen molar-refractivity contribution in [1.29, 1.82) is 0 Å². The van der Waals surface area contributed by atoms with Crippen LogP contribution in [-0.2, 0) is 10.0 Å². The van der Waals surface area contributed by atoms with Crippen molar-refractivity contribution < 1.29 is 13.3 Å². The lowest BCUT2D eigenvalue weighted by molar-refractivity contribution is -0.385. The summed E-state index contributed by atoms with van der Waals surface area (Å²) in [5.74, 6) is 0. The number of nitro benzene ring substituents is 1. The summed E-state index contributed by atoms with van der Waals surface area (Å²) in [6.07, 6.45) is 1.39. The molecule has 1 rings (SSSR count). The Balaban J connectivity index is 3.29. The quantitative estimate of drug-likeness (QED) is 0.597. The Bertz CT molecular complexity index is 594. The van der Waals surface area contributed by atoms with Gasteiger partial charge >= 0.3 is 0 Å². The van der Waals surface area contributed by atoms with Crippen LogP contribution in [0.4, 0.5) is 5.69 Å². The van der Waals surface area contributed by atoms with E-state index in [1.165, 1.54) is 23.5 Å². The van der Waals surface area contributed by atoms with Crippen molar-refractivity contribution in [3.8, 4) is 0 Å². The average Bonchev–Trinajstić information content (AvgIpc) is 2.39. The van der Waals surface area contributed by atoms with E-state index in [1.807, 2.05) is 13.8 Å². The Kier molecular flexibility index (Phi) is 5.24. The highest BCUT2D eigenvalue weighted by Gasteiger charge is 2.27. The topological polar surface area (TPSA) is 80.5 Å². The Morgan fingerprint density at radius 1 is 1.30 bits per heavy atom. The van der Waals surface area contributed by atoms with E-state index in [2.05, 4.69) is 0 Å². The second-order valence-electron chi connectivity index (χ2n) is 4.70. The molecular formula is C13H20N2O4S. The van der Waals surface area contributed by atoms with E-state index in [-0.39, 0.29) is 16.6 Å². The number of sulfonamides is 1. The molecule has 0 saturated carbocycles. The molecule has 0 saturated heterocycles. The number of aryl methyl sites for hydroxylation is 1. The first-order valence-corrected chi connectivity index (χ1v) is 7.92. The second-order valence-corrected chi connectivity index (χ2v) is 6.69. The first-order valence-electron chi connectivity index (χ1n) is 6.48. The smallest absolute Gasteiger partial charge is 0.258 e. The molecule has 0 fully saturated rings. The molecule has 0 aliphatic rings. The first-order chi connectivity index (χ1) is 9.25. The largest absolute Gasteiger partial charge is 0.273 e. The number of nitrogens with zero attached hydrogens (tertiary/aromatic N) is 2. The molecule has 0 N–H and O–H groups in total. The zero-order valence-electron chi connectivity index (χ0n) is 12.2. The summed E-state index contributed by atoms with van der Waals surface area (Å²) in [6.45, 7) is 5.41. The van der Waals surface area contributed by atoms with Crippen LogP contribution in [0, 0.1) is 17.0 Å². The van der Waals surface area contributed by atoms with Crippen LogP contribution in [0.2, 0.25) is 0 Å². The molecule has 0 spiro atoms. The Labute approximate surface area is 119 Å². The minimum atomic E-state index is -3.71. The van der Waals surface area contributed by atoms with E-state index in [1.54, 1.807) is 6.92 Å². The highest BCUT2D eigenvalue weighted by Crippen LogP contribution is 2.25. The minimum absolute atomic E-state index is 0.0378. The molecule has 6 nitrogen and oxygen atoms in total. The summed E-state index contributed by atoms with van der Waals surface area (Å²) in [5, 5.41) is 10.9. The molecule has 7 heteroatoms. The third-order valence-electron chi connectivity index (χ3n) is 3.51. The number of hydrogen-bond acceptors (Lipinski definition) is 4. The van der Waals surface area contributed by atoms with Crippen LogP contribution in [0.5, 0.6) is 0 Å². The lowest BCUT2D eigenvalue weighted by Gasteiger charge is -2.25. The molecule has 1 aromatic rings. The normalized spacial score (nSPS) is 12.1. The molecule has 20 heavy (non-hydrogen) atoms. The van der Waals surface area contributed by atoms with Gasteiger partial charge in [-0.15, -0.1) is 0 Å². The van der Waals surface area contributed by atoms with Crippen molar-refractivity contribution in [3.05, 3.63) is 33.9 Å². The highest BCUT2D eigenvalue weighted by molar-refractivity contribution is 7.89. The lowest BCUT2D eigenvalue weighted by Crippen LogP contribution is -2.36. The van der Waals surface area contributed by atoms with Crippen LogP contribution >= 0.6 is 0 Å². The molecule has 0 aliphatic carbocycles. The molecule has 112 valence electrons. The van der Waals surface area contributed by atoms with Gasteiger partial charge in [-0.3, -0.25) is 10.1 Å². The zero-order chi connectivity index (χ0) is 15.5. The summed E-state index contributed by atoms with van der Waals surface area (Å²) in [4.78, 5) is 10.3. The van der Waals surface area contributed by atoms with Gasteiger partial charge in [-0.05, 0) is 25.8 Å². The van der Waals surface area contributed by atoms with Gasteiger partial charge in [-0.25, -0.2) is 8.42 Å². The molecular weight excluding hydrogens is 280 g/mol. The van der Waals surface area contributed by atoms with Crippen LogP contribution in [-0.4, -0.2) is 30.7 Å². The van der Waals surface area contributed by atoms with Crippen molar-refractivity contribution in [2.75, 3.05) is 7.05 Å². The van der Waals surface area contributed by atoms with Crippen molar-refractivity contribution in [2.45, 2.75) is 44.6 Å². The van der Waals surface area contributed by atoms with Gasteiger partial charge in [0.2, 0.25) is 10.0 Å². The highest BCUT2D eigenvalue weighted by atomic mass is 32.2. The fourth-order valence-corrected chi connectivity index (χ4v) is 3.64. The summed E-state index contributed by atoms with van der Waals surface area (Å²) in [7, 11) is -2.19. The van der Waals surface area contributed by atoms with Gasteiger partial charge in [0.25, 0.3) is 5.69 Å². The number of benzene rings is 1. The maximum atomic E-state index is 12.5. The molecule has 1 aromatic carbocycles. The molecule has 0 bridgehead atoms. The summed E-state index contributed by atoms with van der Waals surface area (Å²) in [5.41, 5.74) is 0.267. The maximum absolute atomic E-state index is 12.5. The van der Waals surface area contributed by atoms with Gasteiger partial charge in [-0.2, -0.15) is 4.31 Å². The summed E-state index contributed by atoms with van der Waals surface area (Å²) < 4.78 is 26.3. The standard InChI is InChI=1S/C13H20N2O4S/c1-5-11(6-2)14(4)20(18,19)12-8-7-10(3)13(9-12)15(16)17/h7-9,11H,5-6H2,1-4H3. The van der Waals surface area contributed by atoms with Crippen LogP contribution in [0.3, 0.4) is 0 Å². The van der Waals surface area contributed by atoms with E-state index < -0.39 is 14.9 Å². The van der Waals surface area contributed by atoms with Crippen LogP contribution in [0.1, 0.15) is 32.3 Å². The summed E-state index contributed by atoms with van der Waals surface area (Å²) >= 11 is 0. The molecule has 0 unspecified atom stereocenters. The van der Waals surface area contributed by atoms with Crippen molar-refractivity contribution in [3.63, 3.8) is 0 Å². The van der Waals surface area contributed by atoms with Gasteiger partial charge in [-0.1, -0.05) is 19.9 Å². The Morgan fingerprint density at radius 3 is 2.30 bits per heavy atom. The van der Waals surface area contributed by atoms with E-state index in [0.29, 0.717) is 18.4 Å². The number of rotatable bonds is 6. The van der Waals surface area contributed by atoms with E-state index in [4.69, 9.17) is 0 Å². The minimum Gasteiger partial charge on any atom is -0.258 e. The zero-order valence-corrected chi connectivity index (χ0v) is 13.0. The molecule has 0 heterocycles. The number of hydrogen-bond donors (Lipinski definition) is 0. The summed E-state index contributed by atoms with van der Waals surface area (Å²) in [6, 6.07) is 3.90. The van der Waals surface area contributed by atoms with Gasteiger partial charge < -0.3 is 0 Å². The Hall–Kier alpha value is -1.47. The van der Waals surface area contributed by atoms with Crippen molar-refractivity contribution in [1.82, 2.24) is 4.31 Å². The SMILES string of the molecule is CCC(CC)N(C)S(=O)(=O)c1ccc(C)c([N+](=O)[O-])c1. The van der Waals surface area contributed by atoms with E-state index in [0.717, 1.165) is 6.07 Å². The second kappa shape index (κ2) is 6.32. The fourth-order valence-electron chi connectivity index (χ4n) is 2.11. The first kappa shape index (κ1) is 16.6.